The van der Waals surface area contributed by atoms with Crippen molar-refractivity contribution >= 4 is 5.91 Å². The Bertz CT molecular complexity index is 541. The van der Waals surface area contributed by atoms with Crippen LogP contribution in [-0.2, 0) is 10.2 Å². The molecule has 2 aliphatic rings. The third kappa shape index (κ3) is 3.75. The standard InChI is InChI=1S/C19H28N2O2/c1-19(2,3)16-6-4-15(5-7-16)18(22)21-9-8-17(14-21)20-10-12-23-13-11-20/h4-7,17H,8-14H2,1-3H3. The van der Waals surface area contributed by atoms with Crippen LogP contribution < -0.4 is 0 Å². The van der Waals surface area contributed by atoms with Gasteiger partial charge in [0.1, 0.15) is 0 Å². The van der Waals surface area contributed by atoms with Crippen molar-refractivity contribution in [3.05, 3.63) is 35.4 Å². The maximum absolute atomic E-state index is 12.7. The molecule has 1 aromatic rings. The maximum Gasteiger partial charge on any atom is 0.253 e. The molecule has 0 aromatic heterocycles. The van der Waals surface area contributed by atoms with Gasteiger partial charge in [-0.3, -0.25) is 9.69 Å². The smallest absolute Gasteiger partial charge is 0.253 e. The van der Waals surface area contributed by atoms with E-state index in [1.54, 1.807) is 0 Å². The van der Waals surface area contributed by atoms with Gasteiger partial charge in [0.15, 0.2) is 0 Å². The summed E-state index contributed by atoms with van der Waals surface area (Å²) in [6.07, 6.45) is 1.08. The highest BCUT2D eigenvalue weighted by Gasteiger charge is 2.31. The predicted octanol–water partition coefficient (Wildman–Crippen LogP) is 2.53. The molecular weight excluding hydrogens is 288 g/mol. The zero-order valence-corrected chi connectivity index (χ0v) is 14.5. The molecule has 0 saturated carbocycles. The first-order chi connectivity index (χ1) is 10.9. The molecule has 2 heterocycles. The molecule has 0 spiro atoms. The van der Waals surface area contributed by atoms with Crippen molar-refractivity contribution < 1.29 is 9.53 Å². The molecule has 2 saturated heterocycles. The molecule has 3 rings (SSSR count). The van der Waals surface area contributed by atoms with Crippen molar-refractivity contribution in [1.82, 2.24) is 9.80 Å². The lowest BCUT2D eigenvalue weighted by Crippen LogP contribution is -2.45. The summed E-state index contributed by atoms with van der Waals surface area (Å²) in [5.74, 6) is 0.168. The highest BCUT2D eigenvalue weighted by Crippen LogP contribution is 2.24. The van der Waals surface area contributed by atoms with Gasteiger partial charge in [-0.1, -0.05) is 32.9 Å². The molecule has 4 nitrogen and oxygen atoms in total. The quantitative estimate of drug-likeness (QED) is 0.840. The minimum Gasteiger partial charge on any atom is -0.379 e. The number of nitrogens with zero attached hydrogens (tertiary/aromatic N) is 2. The molecule has 1 unspecified atom stereocenters. The van der Waals surface area contributed by atoms with Crippen LogP contribution in [0.15, 0.2) is 24.3 Å². The van der Waals surface area contributed by atoms with E-state index in [1.165, 1.54) is 5.56 Å². The summed E-state index contributed by atoms with van der Waals surface area (Å²) in [5.41, 5.74) is 2.19. The summed E-state index contributed by atoms with van der Waals surface area (Å²) in [7, 11) is 0. The van der Waals surface area contributed by atoms with Crippen molar-refractivity contribution in [2.45, 2.75) is 38.6 Å². The third-order valence-electron chi connectivity index (χ3n) is 5.01. The van der Waals surface area contributed by atoms with Crippen LogP contribution in [0.2, 0.25) is 0 Å². The number of carbonyl (C=O) groups is 1. The average Bonchev–Trinajstić information content (AvgIpc) is 3.04. The normalized spacial score (nSPS) is 23.3. The molecule has 126 valence electrons. The number of hydrogen-bond acceptors (Lipinski definition) is 3. The number of hydrogen-bond donors (Lipinski definition) is 0. The SMILES string of the molecule is CC(C)(C)c1ccc(C(=O)N2CCC(N3CCOCC3)C2)cc1. The van der Waals surface area contributed by atoms with E-state index >= 15 is 0 Å². The molecule has 0 N–H and O–H groups in total. The average molecular weight is 316 g/mol. The molecule has 1 atom stereocenters. The van der Waals surface area contributed by atoms with Crippen molar-refractivity contribution in [2.75, 3.05) is 39.4 Å². The number of amides is 1. The number of morpholine rings is 1. The first-order valence-electron chi connectivity index (χ1n) is 8.67. The van der Waals surface area contributed by atoms with Gasteiger partial charge in [-0.2, -0.15) is 0 Å². The molecule has 0 bridgehead atoms. The monoisotopic (exact) mass is 316 g/mol. The molecule has 0 aliphatic carbocycles. The minimum atomic E-state index is 0.122. The Morgan fingerprint density at radius 1 is 1.09 bits per heavy atom. The van der Waals surface area contributed by atoms with Gasteiger partial charge < -0.3 is 9.64 Å². The Labute approximate surface area is 139 Å². The topological polar surface area (TPSA) is 32.8 Å². The number of benzene rings is 1. The van der Waals surface area contributed by atoms with E-state index in [1.807, 2.05) is 17.0 Å². The molecule has 2 fully saturated rings. The lowest BCUT2D eigenvalue weighted by molar-refractivity contribution is 0.0185. The Morgan fingerprint density at radius 3 is 2.35 bits per heavy atom. The molecule has 4 heteroatoms. The summed E-state index contributed by atoms with van der Waals surface area (Å²) >= 11 is 0. The van der Waals surface area contributed by atoms with E-state index < -0.39 is 0 Å². The highest BCUT2D eigenvalue weighted by atomic mass is 16.5. The Balaban J connectivity index is 1.62. The van der Waals surface area contributed by atoms with Gasteiger partial charge in [0.25, 0.3) is 5.91 Å². The van der Waals surface area contributed by atoms with Gasteiger partial charge in [0.05, 0.1) is 13.2 Å². The lowest BCUT2D eigenvalue weighted by atomic mass is 9.86. The first-order valence-corrected chi connectivity index (χ1v) is 8.67. The van der Waals surface area contributed by atoms with Gasteiger partial charge in [0, 0.05) is 37.8 Å². The maximum atomic E-state index is 12.7. The van der Waals surface area contributed by atoms with E-state index in [0.717, 1.165) is 51.4 Å². The van der Waals surface area contributed by atoms with Crippen molar-refractivity contribution in [3.63, 3.8) is 0 Å². The molecule has 1 aromatic carbocycles. The van der Waals surface area contributed by atoms with Crippen LogP contribution in [0.1, 0.15) is 43.1 Å². The molecule has 2 aliphatic heterocycles. The minimum absolute atomic E-state index is 0.122. The molecular formula is C19H28N2O2. The third-order valence-corrected chi connectivity index (χ3v) is 5.01. The summed E-state index contributed by atoms with van der Waals surface area (Å²) in [6.45, 7) is 11.9. The number of carbonyl (C=O) groups excluding carboxylic acids is 1. The van der Waals surface area contributed by atoms with E-state index in [-0.39, 0.29) is 11.3 Å². The van der Waals surface area contributed by atoms with Gasteiger partial charge >= 0.3 is 0 Å². The number of ether oxygens (including phenoxy) is 1. The highest BCUT2D eigenvalue weighted by molar-refractivity contribution is 5.94. The van der Waals surface area contributed by atoms with Gasteiger partial charge in [-0.25, -0.2) is 0 Å². The van der Waals surface area contributed by atoms with E-state index in [9.17, 15) is 4.79 Å². The zero-order valence-electron chi connectivity index (χ0n) is 14.5. The van der Waals surface area contributed by atoms with Gasteiger partial charge in [-0.15, -0.1) is 0 Å². The lowest BCUT2D eigenvalue weighted by Gasteiger charge is -2.32. The summed E-state index contributed by atoms with van der Waals surface area (Å²) in [5, 5.41) is 0. The molecule has 1 amide bonds. The fraction of sp³-hybridized carbons (Fsp3) is 0.632. The molecule has 23 heavy (non-hydrogen) atoms. The number of rotatable bonds is 2. The summed E-state index contributed by atoms with van der Waals surface area (Å²) in [6, 6.07) is 8.62. The van der Waals surface area contributed by atoms with Crippen LogP contribution >= 0.6 is 0 Å². The fourth-order valence-electron chi connectivity index (χ4n) is 3.46. The van der Waals surface area contributed by atoms with Crippen LogP contribution in [-0.4, -0.2) is 61.1 Å². The van der Waals surface area contributed by atoms with Crippen molar-refractivity contribution in [2.24, 2.45) is 0 Å². The second kappa shape index (κ2) is 6.62. The largest absolute Gasteiger partial charge is 0.379 e. The second-order valence-electron chi connectivity index (χ2n) is 7.67. The van der Waals surface area contributed by atoms with Crippen LogP contribution in [0.4, 0.5) is 0 Å². The van der Waals surface area contributed by atoms with Crippen LogP contribution in [0.5, 0.6) is 0 Å². The Morgan fingerprint density at radius 2 is 1.74 bits per heavy atom. The summed E-state index contributed by atoms with van der Waals surface area (Å²) < 4.78 is 5.42. The van der Waals surface area contributed by atoms with E-state index in [0.29, 0.717) is 6.04 Å². The Hall–Kier alpha value is -1.39. The second-order valence-corrected chi connectivity index (χ2v) is 7.67. The summed E-state index contributed by atoms with van der Waals surface area (Å²) in [4.78, 5) is 17.2. The molecule has 0 radical (unpaired) electrons. The van der Waals surface area contributed by atoms with Crippen molar-refractivity contribution in [1.29, 1.82) is 0 Å². The van der Waals surface area contributed by atoms with E-state index in [4.69, 9.17) is 4.74 Å². The van der Waals surface area contributed by atoms with Crippen LogP contribution in [0.3, 0.4) is 0 Å². The van der Waals surface area contributed by atoms with Crippen molar-refractivity contribution in [3.8, 4) is 0 Å². The Kier molecular flexibility index (Phi) is 4.74. The van der Waals surface area contributed by atoms with Crippen LogP contribution in [0, 0.1) is 0 Å². The van der Waals surface area contributed by atoms with E-state index in [2.05, 4.69) is 37.8 Å². The van der Waals surface area contributed by atoms with Gasteiger partial charge in [-0.05, 0) is 29.5 Å². The predicted molar refractivity (Wildman–Crippen MR) is 91.8 cm³/mol. The number of likely N-dealkylation sites (tertiary alicyclic amines) is 1. The fourth-order valence-corrected chi connectivity index (χ4v) is 3.46. The first kappa shape index (κ1) is 16.5. The van der Waals surface area contributed by atoms with Gasteiger partial charge in [0.2, 0.25) is 0 Å². The van der Waals surface area contributed by atoms with Crippen LogP contribution in [0.25, 0.3) is 0 Å². The zero-order chi connectivity index (χ0) is 16.4.